The van der Waals surface area contributed by atoms with Crippen molar-refractivity contribution in [2.45, 2.75) is 13.8 Å². The molecule has 4 nitrogen and oxygen atoms in total. The first-order valence-electron chi connectivity index (χ1n) is 3.02. The predicted octanol–water partition coefficient (Wildman–Crippen LogP) is 1.26. The van der Waals surface area contributed by atoms with Crippen LogP contribution in [0, 0.1) is 0 Å². The number of carbonyl (C=O) groups excluding carboxylic acids is 2. The van der Waals surface area contributed by atoms with E-state index in [0.717, 1.165) is 6.92 Å². The standard InChI is InChI=1S/C7H10O4/c1-5(2)4-10-7(9)11-6(3)8/h1,4H2,2-3H3. The van der Waals surface area contributed by atoms with Crippen LogP contribution in [0.15, 0.2) is 12.2 Å². The van der Waals surface area contributed by atoms with Crippen LogP contribution in [-0.4, -0.2) is 18.7 Å². The average molecular weight is 158 g/mol. The minimum absolute atomic E-state index is 0.0755. The second-order valence-electron chi connectivity index (χ2n) is 2.09. The molecular formula is C7H10O4. The van der Waals surface area contributed by atoms with Gasteiger partial charge in [-0.2, -0.15) is 0 Å². The molecule has 0 aromatic rings. The van der Waals surface area contributed by atoms with Crippen molar-refractivity contribution >= 4 is 12.1 Å². The Hall–Kier alpha value is -1.32. The van der Waals surface area contributed by atoms with Crippen molar-refractivity contribution in [3.8, 4) is 0 Å². The average Bonchev–Trinajstić information content (AvgIpc) is 1.82. The molecule has 0 saturated heterocycles. The Morgan fingerprint density at radius 3 is 2.27 bits per heavy atom. The van der Waals surface area contributed by atoms with Crippen molar-refractivity contribution in [2.75, 3.05) is 6.61 Å². The summed E-state index contributed by atoms with van der Waals surface area (Å²) >= 11 is 0. The highest BCUT2D eigenvalue weighted by Gasteiger charge is 2.05. The lowest BCUT2D eigenvalue weighted by molar-refractivity contribution is -0.137. The lowest BCUT2D eigenvalue weighted by atomic mass is 10.4. The van der Waals surface area contributed by atoms with Gasteiger partial charge in [0.2, 0.25) is 0 Å². The third-order valence-electron chi connectivity index (χ3n) is 0.663. The molecule has 0 aromatic carbocycles. The monoisotopic (exact) mass is 158 g/mol. The maximum Gasteiger partial charge on any atom is 0.516 e. The predicted molar refractivity (Wildman–Crippen MR) is 37.9 cm³/mol. The van der Waals surface area contributed by atoms with E-state index in [1.807, 2.05) is 0 Å². The summed E-state index contributed by atoms with van der Waals surface area (Å²) in [6.45, 7) is 6.39. The summed E-state index contributed by atoms with van der Waals surface area (Å²) in [6.07, 6.45) is -0.986. The highest BCUT2D eigenvalue weighted by atomic mass is 16.7. The maximum atomic E-state index is 10.5. The van der Waals surface area contributed by atoms with Crippen LogP contribution in [0.3, 0.4) is 0 Å². The summed E-state index contributed by atoms with van der Waals surface area (Å²) in [4.78, 5) is 20.6. The summed E-state index contributed by atoms with van der Waals surface area (Å²) in [7, 11) is 0. The molecule has 0 aliphatic heterocycles. The minimum atomic E-state index is -0.986. The summed E-state index contributed by atoms with van der Waals surface area (Å²) in [5, 5.41) is 0. The number of rotatable bonds is 2. The van der Waals surface area contributed by atoms with Gasteiger partial charge in [0.05, 0.1) is 0 Å². The molecule has 0 saturated carbocycles. The number of ether oxygens (including phenoxy) is 2. The van der Waals surface area contributed by atoms with Gasteiger partial charge in [0.1, 0.15) is 6.61 Å². The van der Waals surface area contributed by atoms with Gasteiger partial charge in [0, 0.05) is 6.92 Å². The van der Waals surface area contributed by atoms with Gasteiger partial charge in [-0.3, -0.25) is 4.79 Å². The molecule has 4 heteroatoms. The van der Waals surface area contributed by atoms with E-state index in [1.165, 1.54) is 0 Å². The molecule has 0 fully saturated rings. The Bertz CT molecular complexity index is 183. The largest absolute Gasteiger partial charge is 0.516 e. The van der Waals surface area contributed by atoms with Crippen LogP contribution < -0.4 is 0 Å². The number of hydrogen-bond donors (Lipinski definition) is 0. The smallest absolute Gasteiger partial charge is 0.429 e. The summed E-state index contributed by atoms with van der Waals surface area (Å²) in [5.74, 6) is -0.684. The summed E-state index contributed by atoms with van der Waals surface area (Å²) < 4.78 is 8.49. The van der Waals surface area contributed by atoms with Crippen LogP contribution in [-0.2, 0) is 14.3 Å². The lowest BCUT2D eigenvalue weighted by Gasteiger charge is -2.01. The molecule has 0 bridgehead atoms. The van der Waals surface area contributed by atoms with Crippen molar-refractivity contribution in [3.05, 3.63) is 12.2 Å². The van der Waals surface area contributed by atoms with Crippen LogP contribution in [0.1, 0.15) is 13.8 Å². The molecule has 0 aliphatic rings. The van der Waals surface area contributed by atoms with Crippen molar-refractivity contribution < 1.29 is 19.1 Å². The molecule has 0 aliphatic carbocycles. The molecule has 0 spiro atoms. The molecule has 0 N–H and O–H groups in total. The Balaban J connectivity index is 3.53. The van der Waals surface area contributed by atoms with E-state index >= 15 is 0 Å². The number of hydrogen-bond acceptors (Lipinski definition) is 4. The molecule has 11 heavy (non-hydrogen) atoms. The fraction of sp³-hybridized carbons (Fsp3) is 0.429. The van der Waals surface area contributed by atoms with Gasteiger partial charge in [0.25, 0.3) is 0 Å². The second kappa shape index (κ2) is 4.49. The maximum absolute atomic E-state index is 10.5. The van der Waals surface area contributed by atoms with Gasteiger partial charge in [0.15, 0.2) is 0 Å². The highest BCUT2D eigenvalue weighted by Crippen LogP contribution is 1.91. The van der Waals surface area contributed by atoms with E-state index in [1.54, 1.807) is 6.92 Å². The lowest BCUT2D eigenvalue weighted by Crippen LogP contribution is -2.11. The molecule has 62 valence electrons. The van der Waals surface area contributed by atoms with Gasteiger partial charge < -0.3 is 9.47 Å². The molecular weight excluding hydrogens is 148 g/mol. The van der Waals surface area contributed by atoms with Crippen LogP contribution in [0.4, 0.5) is 4.79 Å². The zero-order chi connectivity index (χ0) is 8.85. The summed E-state index contributed by atoms with van der Waals surface area (Å²) in [6, 6.07) is 0. The van der Waals surface area contributed by atoms with Crippen LogP contribution in [0.25, 0.3) is 0 Å². The van der Waals surface area contributed by atoms with E-state index in [-0.39, 0.29) is 6.61 Å². The van der Waals surface area contributed by atoms with Gasteiger partial charge >= 0.3 is 12.1 Å². The molecule has 0 aromatic heterocycles. The van der Waals surface area contributed by atoms with E-state index in [9.17, 15) is 9.59 Å². The first-order chi connectivity index (χ1) is 5.02. The topological polar surface area (TPSA) is 52.6 Å². The third-order valence-corrected chi connectivity index (χ3v) is 0.663. The van der Waals surface area contributed by atoms with Crippen molar-refractivity contribution in [2.24, 2.45) is 0 Å². The third kappa shape index (κ3) is 6.57. The van der Waals surface area contributed by atoms with Crippen molar-refractivity contribution in [1.29, 1.82) is 0 Å². The van der Waals surface area contributed by atoms with Crippen molar-refractivity contribution in [3.63, 3.8) is 0 Å². The molecule has 0 rings (SSSR count). The fourth-order valence-corrected chi connectivity index (χ4v) is 0.329. The van der Waals surface area contributed by atoms with Crippen LogP contribution in [0.2, 0.25) is 0 Å². The normalized spacial score (nSPS) is 8.55. The Morgan fingerprint density at radius 2 is 1.91 bits per heavy atom. The van der Waals surface area contributed by atoms with E-state index < -0.39 is 12.1 Å². The Labute approximate surface area is 64.8 Å². The SMILES string of the molecule is C=C(C)COC(=O)OC(C)=O. The number of esters is 1. The molecule has 0 radical (unpaired) electrons. The van der Waals surface area contributed by atoms with Crippen LogP contribution >= 0.6 is 0 Å². The Morgan fingerprint density at radius 1 is 1.36 bits per heavy atom. The molecule has 0 heterocycles. The first-order valence-corrected chi connectivity index (χ1v) is 3.02. The summed E-state index contributed by atoms with van der Waals surface area (Å²) in [5.41, 5.74) is 0.686. The molecule has 0 unspecified atom stereocenters. The Kier molecular flexibility index (Phi) is 3.95. The van der Waals surface area contributed by atoms with E-state index in [2.05, 4.69) is 16.1 Å². The number of carbonyl (C=O) groups is 2. The molecule has 0 amide bonds. The quantitative estimate of drug-likeness (QED) is 0.345. The second-order valence-corrected chi connectivity index (χ2v) is 2.09. The van der Waals surface area contributed by atoms with E-state index in [4.69, 9.17) is 0 Å². The van der Waals surface area contributed by atoms with E-state index in [0.29, 0.717) is 5.57 Å². The van der Waals surface area contributed by atoms with Gasteiger partial charge in [-0.1, -0.05) is 6.58 Å². The van der Waals surface area contributed by atoms with Crippen LogP contribution in [0.5, 0.6) is 0 Å². The molecule has 0 atom stereocenters. The zero-order valence-electron chi connectivity index (χ0n) is 6.55. The zero-order valence-corrected chi connectivity index (χ0v) is 6.55. The van der Waals surface area contributed by atoms with Gasteiger partial charge in [-0.05, 0) is 12.5 Å². The van der Waals surface area contributed by atoms with Gasteiger partial charge in [-0.15, -0.1) is 0 Å². The van der Waals surface area contributed by atoms with Gasteiger partial charge in [-0.25, -0.2) is 4.79 Å². The van der Waals surface area contributed by atoms with Crippen molar-refractivity contribution in [1.82, 2.24) is 0 Å². The minimum Gasteiger partial charge on any atom is -0.429 e. The highest BCUT2D eigenvalue weighted by molar-refractivity contribution is 5.79. The fourth-order valence-electron chi connectivity index (χ4n) is 0.329. The first kappa shape index (κ1) is 9.68.